The smallest absolute Gasteiger partial charge is 0.229 e. The highest BCUT2D eigenvalue weighted by atomic mass is 19.1. The van der Waals surface area contributed by atoms with Crippen LogP contribution in [0, 0.1) is 5.82 Å². The molecule has 2 aromatic carbocycles. The highest BCUT2D eigenvalue weighted by molar-refractivity contribution is 5.85. The molecular weight excluding hydrogens is 295 g/mol. The standard InChI is InChI=1S/C18H19FN2O2/c19-15-5-1-13(2-6-15)17(18(20)22)14-3-7-16(8-4-14)21-9-11-23-12-10-21/h1-8,17H,9-12H2,(H2,20,22). The molecule has 0 spiro atoms. The maximum atomic E-state index is 13.1. The van der Waals surface area contributed by atoms with Gasteiger partial charge in [0.05, 0.1) is 19.1 Å². The molecule has 0 saturated carbocycles. The number of halogens is 1. The summed E-state index contributed by atoms with van der Waals surface area (Å²) in [4.78, 5) is 14.1. The number of carbonyl (C=O) groups is 1. The summed E-state index contributed by atoms with van der Waals surface area (Å²) >= 11 is 0. The molecule has 2 N–H and O–H groups in total. The Kier molecular flexibility index (Phi) is 4.57. The molecule has 1 heterocycles. The topological polar surface area (TPSA) is 55.6 Å². The van der Waals surface area contributed by atoms with Crippen LogP contribution in [0.15, 0.2) is 48.5 Å². The van der Waals surface area contributed by atoms with Crippen molar-refractivity contribution in [2.75, 3.05) is 31.2 Å². The van der Waals surface area contributed by atoms with Gasteiger partial charge in [-0.25, -0.2) is 4.39 Å². The van der Waals surface area contributed by atoms with Crippen molar-refractivity contribution in [3.63, 3.8) is 0 Å². The summed E-state index contributed by atoms with van der Waals surface area (Å²) in [7, 11) is 0. The number of primary amides is 1. The van der Waals surface area contributed by atoms with Crippen LogP contribution in [0.3, 0.4) is 0 Å². The van der Waals surface area contributed by atoms with E-state index >= 15 is 0 Å². The van der Waals surface area contributed by atoms with E-state index in [1.807, 2.05) is 24.3 Å². The van der Waals surface area contributed by atoms with Gasteiger partial charge in [-0.05, 0) is 35.4 Å². The lowest BCUT2D eigenvalue weighted by Crippen LogP contribution is -2.36. The van der Waals surface area contributed by atoms with Gasteiger partial charge in [-0.3, -0.25) is 4.79 Å². The molecule has 4 nitrogen and oxygen atoms in total. The number of rotatable bonds is 4. The molecule has 3 rings (SSSR count). The van der Waals surface area contributed by atoms with Gasteiger partial charge >= 0.3 is 0 Å². The fraction of sp³-hybridized carbons (Fsp3) is 0.278. The molecular formula is C18H19FN2O2. The number of hydrogen-bond donors (Lipinski definition) is 1. The Bertz CT molecular complexity index is 664. The molecule has 0 bridgehead atoms. The van der Waals surface area contributed by atoms with Gasteiger partial charge in [-0.15, -0.1) is 0 Å². The number of morpholine rings is 1. The van der Waals surface area contributed by atoms with Crippen LogP contribution in [-0.4, -0.2) is 32.2 Å². The van der Waals surface area contributed by atoms with Crippen LogP contribution in [0.2, 0.25) is 0 Å². The van der Waals surface area contributed by atoms with Crippen molar-refractivity contribution in [3.05, 3.63) is 65.5 Å². The molecule has 0 radical (unpaired) electrons. The zero-order valence-electron chi connectivity index (χ0n) is 12.7. The number of ether oxygens (including phenoxy) is 1. The van der Waals surface area contributed by atoms with Gasteiger partial charge in [0.1, 0.15) is 5.82 Å². The summed E-state index contributed by atoms with van der Waals surface area (Å²) in [6, 6.07) is 13.7. The zero-order chi connectivity index (χ0) is 16.2. The van der Waals surface area contributed by atoms with Crippen molar-refractivity contribution in [2.24, 2.45) is 5.73 Å². The molecule has 1 saturated heterocycles. The van der Waals surface area contributed by atoms with Crippen LogP contribution < -0.4 is 10.6 Å². The first-order valence-corrected chi connectivity index (χ1v) is 7.62. The SMILES string of the molecule is NC(=O)C(c1ccc(F)cc1)c1ccc(N2CCOCC2)cc1. The molecule has 1 fully saturated rings. The molecule has 2 aromatic rings. The third-order valence-electron chi connectivity index (χ3n) is 4.09. The third kappa shape index (κ3) is 3.51. The minimum Gasteiger partial charge on any atom is -0.378 e. The summed E-state index contributed by atoms with van der Waals surface area (Å²) in [5.41, 5.74) is 8.16. The fourth-order valence-corrected chi connectivity index (χ4v) is 2.88. The minimum absolute atomic E-state index is 0.334. The Hall–Kier alpha value is -2.40. The quantitative estimate of drug-likeness (QED) is 0.942. The number of hydrogen-bond acceptors (Lipinski definition) is 3. The van der Waals surface area contributed by atoms with Crippen molar-refractivity contribution < 1.29 is 13.9 Å². The van der Waals surface area contributed by atoms with E-state index in [9.17, 15) is 9.18 Å². The lowest BCUT2D eigenvalue weighted by Gasteiger charge is -2.29. The van der Waals surface area contributed by atoms with Crippen LogP contribution in [0.1, 0.15) is 17.0 Å². The largest absolute Gasteiger partial charge is 0.378 e. The van der Waals surface area contributed by atoms with Gasteiger partial charge in [-0.1, -0.05) is 24.3 Å². The van der Waals surface area contributed by atoms with Crippen molar-refractivity contribution in [1.29, 1.82) is 0 Å². The van der Waals surface area contributed by atoms with Gasteiger partial charge in [0.15, 0.2) is 0 Å². The molecule has 120 valence electrons. The molecule has 1 amide bonds. The Balaban J connectivity index is 1.85. The van der Waals surface area contributed by atoms with E-state index in [0.29, 0.717) is 5.56 Å². The molecule has 1 aliphatic heterocycles. The molecule has 0 aromatic heterocycles. The van der Waals surface area contributed by atoms with Gasteiger partial charge in [-0.2, -0.15) is 0 Å². The van der Waals surface area contributed by atoms with E-state index in [2.05, 4.69) is 4.90 Å². The monoisotopic (exact) mass is 314 g/mol. The zero-order valence-corrected chi connectivity index (χ0v) is 12.7. The fourth-order valence-electron chi connectivity index (χ4n) is 2.88. The number of amides is 1. The normalized spacial score (nSPS) is 16.1. The molecule has 1 aliphatic rings. The first-order chi connectivity index (χ1) is 11.1. The van der Waals surface area contributed by atoms with E-state index in [4.69, 9.17) is 10.5 Å². The van der Waals surface area contributed by atoms with Crippen LogP contribution in [-0.2, 0) is 9.53 Å². The van der Waals surface area contributed by atoms with E-state index in [1.165, 1.54) is 12.1 Å². The Labute approximate surface area is 134 Å². The average Bonchev–Trinajstić information content (AvgIpc) is 2.58. The molecule has 0 aliphatic carbocycles. The number of benzene rings is 2. The van der Waals surface area contributed by atoms with Crippen LogP contribution in [0.4, 0.5) is 10.1 Å². The predicted octanol–water partition coefficient (Wildman–Crippen LogP) is 2.28. The van der Waals surface area contributed by atoms with Crippen LogP contribution in [0.5, 0.6) is 0 Å². The van der Waals surface area contributed by atoms with E-state index < -0.39 is 11.8 Å². The molecule has 5 heteroatoms. The molecule has 1 atom stereocenters. The number of carbonyl (C=O) groups excluding carboxylic acids is 1. The Morgan fingerprint density at radius 3 is 2.04 bits per heavy atom. The number of nitrogens with zero attached hydrogens (tertiary/aromatic N) is 1. The minimum atomic E-state index is -0.575. The number of nitrogens with two attached hydrogens (primary N) is 1. The molecule has 23 heavy (non-hydrogen) atoms. The third-order valence-corrected chi connectivity index (χ3v) is 4.09. The van der Waals surface area contributed by atoms with Crippen molar-refractivity contribution >= 4 is 11.6 Å². The van der Waals surface area contributed by atoms with Crippen molar-refractivity contribution in [1.82, 2.24) is 0 Å². The molecule has 1 unspecified atom stereocenters. The maximum Gasteiger partial charge on any atom is 0.229 e. The Morgan fingerprint density at radius 2 is 1.52 bits per heavy atom. The van der Waals surface area contributed by atoms with E-state index in [1.54, 1.807) is 12.1 Å². The van der Waals surface area contributed by atoms with E-state index in [0.717, 1.165) is 37.6 Å². The average molecular weight is 314 g/mol. The lowest BCUT2D eigenvalue weighted by atomic mass is 9.90. The summed E-state index contributed by atoms with van der Waals surface area (Å²) in [5.74, 6) is -1.36. The summed E-state index contributed by atoms with van der Waals surface area (Å²) in [6.45, 7) is 3.16. The first kappa shape index (κ1) is 15.5. The van der Waals surface area contributed by atoms with Gasteiger partial charge < -0.3 is 15.4 Å². The maximum absolute atomic E-state index is 13.1. The highest BCUT2D eigenvalue weighted by Gasteiger charge is 2.21. The van der Waals surface area contributed by atoms with Gasteiger partial charge in [0.2, 0.25) is 5.91 Å². The lowest BCUT2D eigenvalue weighted by molar-refractivity contribution is -0.118. The van der Waals surface area contributed by atoms with Crippen molar-refractivity contribution in [2.45, 2.75) is 5.92 Å². The van der Waals surface area contributed by atoms with Gasteiger partial charge in [0.25, 0.3) is 0 Å². The van der Waals surface area contributed by atoms with Crippen LogP contribution in [0.25, 0.3) is 0 Å². The predicted molar refractivity (Wildman–Crippen MR) is 86.9 cm³/mol. The van der Waals surface area contributed by atoms with Gasteiger partial charge in [0, 0.05) is 18.8 Å². The summed E-state index contributed by atoms with van der Waals surface area (Å²) < 4.78 is 18.4. The number of anilines is 1. The van der Waals surface area contributed by atoms with E-state index in [-0.39, 0.29) is 5.82 Å². The second kappa shape index (κ2) is 6.79. The highest BCUT2D eigenvalue weighted by Crippen LogP contribution is 2.27. The summed E-state index contributed by atoms with van der Waals surface area (Å²) in [5, 5.41) is 0. The van der Waals surface area contributed by atoms with Crippen LogP contribution >= 0.6 is 0 Å². The summed E-state index contributed by atoms with van der Waals surface area (Å²) in [6.07, 6.45) is 0. The Morgan fingerprint density at radius 1 is 1.00 bits per heavy atom. The second-order valence-corrected chi connectivity index (χ2v) is 5.58. The first-order valence-electron chi connectivity index (χ1n) is 7.62. The second-order valence-electron chi connectivity index (χ2n) is 5.58. The van der Waals surface area contributed by atoms with Crippen molar-refractivity contribution in [3.8, 4) is 0 Å².